The summed E-state index contributed by atoms with van der Waals surface area (Å²) in [5.41, 5.74) is 2.13. The first kappa shape index (κ1) is 24.9. The molecule has 0 unspecified atom stereocenters. The van der Waals surface area contributed by atoms with Crippen molar-refractivity contribution in [1.82, 2.24) is 4.31 Å². The molecule has 186 valence electrons. The summed E-state index contributed by atoms with van der Waals surface area (Å²) in [6.45, 7) is 1.16. The van der Waals surface area contributed by atoms with Crippen molar-refractivity contribution in [2.75, 3.05) is 37.0 Å². The number of carbonyl (C=O) groups excluding carboxylic acids is 3. The van der Waals surface area contributed by atoms with Crippen molar-refractivity contribution in [3.8, 4) is 0 Å². The Labute approximate surface area is 205 Å². The maximum Gasteiger partial charge on any atom is 0.309 e. The summed E-state index contributed by atoms with van der Waals surface area (Å²) >= 11 is 0. The Bertz CT molecular complexity index is 1190. The minimum Gasteiger partial charge on any atom is -0.469 e. The molecule has 2 aliphatic heterocycles. The number of sulfonamides is 1. The normalized spacial score (nSPS) is 18.9. The van der Waals surface area contributed by atoms with Crippen molar-refractivity contribution in [1.29, 1.82) is 0 Å². The number of ether oxygens (including phenoxy) is 1. The molecule has 0 aromatic heterocycles. The second-order valence-electron chi connectivity index (χ2n) is 8.79. The van der Waals surface area contributed by atoms with Crippen molar-refractivity contribution < 1.29 is 27.5 Å². The number of methoxy groups -OCH3 is 1. The summed E-state index contributed by atoms with van der Waals surface area (Å²) in [6, 6.07) is 13.4. The van der Waals surface area contributed by atoms with Gasteiger partial charge in [0.1, 0.15) is 0 Å². The van der Waals surface area contributed by atoms with E-state index in [1.54, 1.807) is 17.0 Å². The van der Waals surface area contributed by atoms with Gasteiger partial charge in [-0.25, -0.2) is 8.42 Å². The predicted octanol–water partition coefficient (Wildman–Crippen LogP) is 2.57. The SMILES string of the molecule is COC(=O)[C@H]1CCCN(S(=O)(=O)c2ccc(NC(=O)Cc3ccc(N4CCCC4=O)cc3)cc2)C1. The highest BCUT2D eigenvalue weighted by Crippen LogP contribution is 2.26. The number of hydrogen-bond donors (Lipinski definition) is 1. The lowest BCUT2D eigenvalue weighted by molar-refractivity contribution is -0.146. The third-order valence-electron chi connectivity index (χ3n) is 6.38. The van der Waals surface area contributed by atoms with Crippen LogP contribution in [0.25, 0.3) is 0 Å². The minimum absolute atomic E-state index is 0.0954. The molecule has 1 N–H and O–H groups in total. The number of rotatable bonds is 7. The van der Waals surface area contributed by atoms with Gasteiger partial charge < -0.3 is 15.0 Å². The first-order valence-corrected chi connectivity index (χ1v) is 13.1. The van der Waals surface area contributed by atoms with E-state index in [2.05, 4.69) is 5.32 Å². The van der Waals surface area contributed by atoms with E-state index in [1.165, 1.54) is 23.5 Å². The average Bonchev–Trinajstić information content (AvgIpc) is 3.30. The predicted molar refractivity (Wildman–Crippen MR) is 130 cm³/mol. The molecule has 2 fully saturated rings. The summed E-state index contributed by atoms with van der Waals surface area (Å²) in [6.07, 6.45) is 2.76. The van der Waals surface area contributed by atoms with Crippen molar-refractivity contribution in [3.05, 3.63) is 54.1 Å². The maximum absolute atomic E-state index is 13.0. The maximum atomic E-state index is 13.0. The lowest BCUT2D eigenvalue weighted by Gasteiger charge is -2.30. The Morgan fingerprint density at radius 1 is 1.03 bits per heavy atom. The van der Waals surface area contributed by atoms with E-state index in [-0.39, 0.29) is 29.7 Å². The van der Waals surface area contributed by atoms with E-state index in [0.717, 1.165) is 17.7 Å². The number of amides is 2. The molecule has 35 heavy (non-hydrogen) atoms. The van der Waals surface area contributed by atoms with E-state index < -0.39 is 21.9 Å². The minimum atomic E-state index is -3.76. The van der Waals surface area contributed by atoms with Crippen LogP contribution in [-0.2, 0) is 35.6 Å². The average molecular weight is 500 g/mol. The number of nitrogens with zero attached hydrogens (tertiary/aromatic N) is 2. The van der Waals surface area contributed by atoms with E-state index in [1.807, 2.05) is 24.3 Å². The van der Waals surface area contributed by atoms with Crippen LogP contribution >= 0.6 is 0 Å². The quantitative estimate of drug-likeness (QED) is 0.586. The molecule has 1 atom stereocenters. The van der Waals surface area contributed by atoms with Crippen LogP contribution in [0.1, 0.15) is 31.2 Å². The smallest absolute Gasteiger partial charge is 0.309 e. The van der Waals surface area contributed by atoms with Crippen molar-refractivity contribution in [2.24, 2.45) is 5.92 Å². The molecule has 2 heterocycles. The molecule has 0 bridgehead atoms. The van der Waals surface area contributed by atoms with Crippen molar-refractivity contribution >= 4 is 39.2 Å². The van der Waals surface area contributed by atoms with Gasteiger partial charge in [0, 0.05) is 37.4 Å². The van der Waals surface area contributed by atoms with Gasteiger partial charge in [-0.3, -0.25) is 14.4 Å². The molecule has 0 saturated carbocycles. The molecule has 2 amide bonds. The molecule has 9 nitrogen and oxygen atoms in total. The highest BCUT2D eigenvalue weighted by molar-refractivity contribution is 7.89. The largest absolute Gasteiger partial charge is 0.469 e. The molecule has 0 radical (unpaired) electrons. The number of carbonyl (C=O) groups is 3. The first-order chi connectivity index (χ1) is 16.8. The Hall–Kier alpha value is -3.24. The highest BCUT2D eigenvalue weighted by atomic mass is 32.2. The summed E-state index contributed by atoms with van der Waals surface area (Å²) in [7, 11) is -2.46. The highest BCUT2D eigenvalue weighted by Gasteiger charge is 2.33. The van der Waals surface area contributed by atoms with Gasteiger partial charge in [0.15, 0.2) is 0 Å². The zero-order valence-corrected chi connectivity index (χ0v) is 20.4. The van der Waals surface area contributed by atoms with Crippen LogP contribution in [-0.4, -0.2) is 57.3 Å². The zero-order valence-electron chi connectivity index (χ0n) is 19.6. The fourth-order valence-electron chi connectivity index (χ4n) is 4.48. The fourth-order valence-corrected chi connectivity index (χ4v) is 6.01. The lowest BCUT2D eigenvalue weighted by atomic mass is 10.0. The standard InChI is InChI=1S/C25H29N3O6S/c1-34-25(31)19-4-2-14-27(17-19)35(32,33)22-12-8-20(9-13-22)26-23(29)16-18-6-10-21(11-7-18)28-15-3-5-24(28)30/h6-13,19H,2-5,14-17H2,1H3,(H,26,29)/t19-/m0/s1. The number of benzene rings is 2. The second kappa shape index (κ2) is 10.6. The van der Waals surface area contributed by atoms with Gasteiger partial charge in [-0.05, 0) is 61.2 Å². The van der Waals surface area contributed by atoms with Gasteiger partial charge >= 0.3 is 5.97 Å². The third-order valence-corrected chi connectivity index (χ3v) is 8.26. The number of piperidine rings is 1. The molecule has 2 aromatic rings. The topological polar surface area (TPSA) is 113 Å². The van der Waals surface area contributed by atoms with E-state index in [4.69, 9.17) is 4.74 Å². The van der Waals surface area contributed by atoms with Crippen LogP contribution in [0.5, 0.6) is 0 Å². The van der Waals surface area contributed by atoms with Crippen LogP contribution in [0.4, 0.5) is 11.4 Å². The Morgan fingerprint density at radius 2 is 1.74 bits per heavy atom. The van der Waals surface area contributed by atoms with Crippen LogP contribution in [0.3, 0.4) is 0 Å². The number of hydrogen-bond acceptors (Lipinski definition) is 6. The molecule has 2 aliphatic rings. The molecular formula is C25H29N3O6S. The van der Waals surface area contributed by atoms with Crippen molar-refractivity contribution in [3.63, 3.8) is 0 Å². The van der Waals surface area contributed by atoms with Crippen molar-refractivity contribution in [2.45, 2.75) is 37.0 Å². The first-order valence-electron chi connectivity index (χ1n) is 11.6. The summed E-state index contributed by atoms with van der Waals surface area (Å²) in [4.78, 5) is 38.1. The van der Waals surface area contributed by atoms with Gasteiger partial charge in [0.25, 0.3) is 0 Å². The van der Waals surface area contributed by atoms with Gasteiger partial charge in [0.05, 0.1) is 24.3 Å². The Kier molecular flexibility index (Phi) is 7.51. The molecule has 10 heteroatoms. The Morgan fingerprint density at radius 3 is 2.37 bits per heavy atom. The monoisotopic (exact) mass is 499 g/mol. The van der Waals surface area contributed by atoms with Crippen LogP contribution < -0.4 is 10.2 Å². The molecule has 4 rings (SSSR count). The van der Waals surface area contributed by atoms with Crippen LogP contribution in [0.2, 0.25) is 0 Å². The van der Waals surface area contributed by atoms with Crippen LogP contribution in [0, 0.1) is 5.92 Å². The molecule has 2 saturated heterocycles. The fraction of sp³-hybridized carbons (Fsp3) is 0.400. The van der Waals surface area contributed by atoms with E-state index >= 15 is 0 Å². The zero-order chi connectivity index (χ0) is 25.0. The third kappa shape index (κ3) is 5.71. The van der Waals surface area contributed by atoms with Gasteiger partial charge in [-0.15, -0.1) is 0 Å². The van der Waals surface area contributed by atoms with Gasteiger partial charge in [-0.1, -0.05) is 12.1 Å². The van der Waals surface area contributed by atoms with Crippen LogP contribution in [0.15, 0.2) is 53.4 Å². The summed E-state index contributed by atoms with van der Waals surface area (Å²) in [5.74, 6) is -0.985. The number of anilines is 2. The number of nitrogens with one attached hydrogen (secondary N) is 1. The summed E-state index contributed by atoms with van der Waals surface area (Å²) < 4.78 is 32.1. The molecule has 0 aliphatic carbocycles. The van der Waals surface area contributed by atoms with Gasteiger partial charge in [-0.2, -0.15) is 4.31 Å². The second-order valence-corrected chi connectivity index (χ2v) is 10.7. The molecule has 2 aromatic carbocycles. The Balaban J connectivity index is 1.35. The molecular weight excluding hydrogens is 470 g/mol. The van der Waals surface area contributed by atoms with E-state index in [0.29, 0.717) is 38.0 Å². The summed E-state index contributed by atoms with van der Waals surface area (Å²) in [5, 5.41) is 2.78. The van der Waals surface area contributed by atoms with E-state index in [9.17, 15) is 22.8 Å². The number of esters is 1. The lowest BCUT2D eigenvalue weighted by Crippen LogP contribution is -2.42. The van der Waals surface area contributed by atoms with Gasteiger partial charge in [0.2, 0.25) is 21.8 Å². The molecule has 0 spiro atoms.